The molecular weight excluding hydrogens is 260 g/mol. The van der Waals surface area contributed by atoms with Gasteiger partial charge in [-0.25, -0.2) is 0 Å². The number of hydrogen-bond acceptors (Lipinski definition) is 6. The first-order valence-corrected chi connectivity index (χ1v) is 6.44. The van der Waals surface area contributed by atoms with Crippen LogP contribution in [0, 0.1) is 17.0 Å². The number of nitrogens with one attached hydrogen (secondary N) is 1. The number of anilines is 1. The molecule has 0 radical (unpaired) electrons. The third-order valence-corrected chi connectivity index (χ3v) is 2.81. The summed E-state index contributed by atoms with van der Waals surface area (Å²) in [6, 6.07) is 4.85. The standard InChI is InChI=1S/C13H16N4O3/c1-3-4-7-14-11-6-5-10(8-12(11)17(18)19)13-15-9(2)16-20-13/h5-6,8,14H,3-4,7H2,1-2H3. The lowest BCUT2D eigenvalue weighted by atomic mass is 10.1. The molecule has 1 N–H and O–H groups in total. The first-order valence-electron chi connectivity index (χ1n) is 6.44. The summed E-state index contributed by atoms with van der Waals surface area (Å²) in [6.07, 6.45) is 1.99. The number of nitro benzene ring substituents is 1. The van der Waals surface area contributed by atoms with Gasteiger partial charge in [0.05, 0.1) is 4.92 Å². The zero-order valence-electron chi connectivity index (χ0n) is 11.4. The minimum atomic E-state index is -0.416. The second-order valence-electron chi connectivity index (χ2n) is 4.42. The Labute approximate surface area is 116 Å². The molecular formula is C13H16N4O3. The second kappa shape index (κ2) is 6.14. The number of nitrogens with zero attached hydrogens (tertiary/aromatic N) is 3. The van der Waals surface area contributed by atoms with Crippen LogP contribution in [0.4, 0.5) is 11.4 Å². The number of hydrogen-bond donors (Lipinski definition) is 1. The monoisotopic (exact) mass is 276 g/mol. The van der Waals surface area contributed by atoms with Gasteiger partial charge in [0.2, 0.25) is 0 Å². The number of unbranched alkanes of at least 4 members (excludes halogenated alkanes) is 1. The average Bonchev–Trinajstić information content (AvgIpc) is 2.86. The van der Waals surface area contributed by atoms with Gasteiger partial charge in [-0.3, -0.25) is 10.1 Å². The van der Waals surface area contributed by atoms with E-state index in [1.165, 1.54) is 6.07 Å². The van der Waals surface area contributed by atoms with Crippen molar-refractivity contribution < 1.29 is 9.45 Å². The average molecular weight is 276 g/mol. The summed E-state index contributed by atoms with van der Waals surface area (Å²) >= 11 is 0. The lowest BCUT2D eigenvalue weighted by Crippen LogP contribution is -2.04. The molecule has 0 amide bonds. The van der Waals surface area contributed by atoms with E-state index in [1.54, 1.807) is 19.1 Å². The number of rotatable bonds is 6. The fourth-order valence-corrected chi connectivity index (χ4v) is 1.78. The summed E-state index contributed by atoms with van der Waals surface area (Å²) in [7, 11) is 0. The normalized spacial score (nSPS) is 10.5. The van der Waals surface area contributed by atoms with Crippen LogP contribution in [-0.2, 0) is 0 Å². The molecule has 0 saturated heterocycles. The van der Waals surface area contributed by atoms with Gasteiger partial charge in [-0.2, -0.15) is 4.98 Å². The van der Waals surface area contributed by atoms with Crippen LogP contribution in [0.5, 0.6) is 0 Å². The van der Waals surface area contributed by atoms with E-state index < -0.39 is 4.92 Å². The maximum Gasteiger partial charge on any atom is 0.293 e. The lowest BCUT2D eigenvalue weighted by Gasteiger charge is -2.06. The summed E-state index contributed by atoms with van der Waals surface area (Å²) in [5, 5.41) is 17.9. The fourth-order valence-electron chi connectivity index (χ4n) is 1.78. The van der Waals surface area contributed by atoms with Crippen molar-refractivity contribution in [3.05, 3.63) is 34.1 Å². The Balaban J connectivity index is 2.30. The molecule has 0 atom stereocenters. The van der Waals surface area contributed by atoms with E-state index in [9.17, 15) is 10.1 Å². The van der Waals surface area contributed by atoms with Crippen molar-refractivity contribution in [3.8, 4) is 11.5 Å². The summed E-state index contributed by atoms with van der Waals surface area (Å²) in [5.74, 6) is 0.776. The number of benzene rings is 1. The third kappa shape index (κ3) is 3.11. The summed E-state index contributed by atoms with van der Waals surface area (Å²) in [6.45, 7) is 4.47. The maximum atomic E-state index is 11.1. The fraction of sp³-hybridized carbons (Fsp3) is 0.385. The molecule has 2 rings (SSSR count). The summed E-state index contributed by atoms with van der Waals surface area (Å²) in [4.78, 5) is 14.8. The van der Waals surface area contributed by atoms with Crippen molar-refractivity contribution in [3.63, 3.8) is 0 Å². The van der Waals surface area contributed by atoms with Crippen molar-refractivity contribution in [2.24, 2.45) is 0 Å². The van der Waals surface area contributed by atoms with Crippen molar-refractivity contribution in [1.82, 2.24) is 10.1 Å². The maximum absolute atomic E-state index is 11.1. The highest BCUT2D eigenvalue weighted by Crippen LogP contribution is 2.29. The Kier molecular flexibility index (Phi) is 4.29. The van der Waals surface area contributed by atoms with Gasteiger partial charge in [-0.15, -0.1) is 0 Å². The van der Waals surface area contributed by atoms with Crippen molar-refractivity contribution in [2.75, 3.05) is 11.9 Å². The van der Waals surface area contributed by atoms with E-state index in [0.29, 0.717) is 23.6 Å². The van der Waals surface area contributed by atoms with Crippen LogP contribution < -0.4 is 5.32 Å². The minimum absolute atomic E-state index is 0.00876. The van der Waals surface area contributed by atoms with E-state index in [0.717, 1.165) is 12.8 Å². The largest absolute Gasteiger partial charge is 0.379 e. The van der Waals surface area contributed by atoms with Crippen LogP contribution in [-0.4, -0.2) is 21.6 Å². The smallest absolute Gasteiger partial charge is 0.293 e. The van der Waals surface area contributed by atoms with E-state index >= 15 is 0 Å². The van der Waals surface area contributed by atoms with E-state index in [2.05, 4.69) is 22.4 Å². The van der Waals surface area contributed by atoms with Crippen molar-refractivity contribution in [2.45, 2.75) is 26.7 Å². The van der Waals surface area contributed by atoms with Gasteiger partial charge in [-0.05, 0) is 25.5 Å². The second-order valence-corrected chi connectivity index (χ2v) is 4.42. The van der Waals surface area contributed by atoms with Gasteiger partial charge >= 0.3 is 0 Å². The van der Waals surface area contributed by atoms with Gasteiger partial charge < -0.3 is 9.84 Å². The molecule has 0 unspecified atom stereocenters. The van der Waals surface area contributed by atoms with Crippen LogP contribution in [0.15, 0.2) is 22.7 Å². The highest BCUT2D eigenvalue weighted by Gasteiger charge is 2.17. The number of aryl methyl sites for hydroxylation is 1. The van der Waals surface area contributed by atoms with Gasteiger partial charge in [-0.1, -0.05) is 18.5 Å². The SMILES string of the molecule is CCCCNc1ccc(-c2nc(C)no2)cc1[N+](=O)[O-]. The Morgan fingerprint density at radius 1 is 1.45 bits per heavy atom. The molecule has 0 aliphatic rings. The molecule has 1 aromatic heterocycles. The molecule has 0 spiro atoms. The minimum Gasteiger partial charge on any atom is -0.379 e. The Morgan fingerprint density at radius 2 is 2.25 bits per heavy atom. The predicted octanol–water partition coefficient (Wildman–Crippen LogP) is 3.17. The molecule has 106 valence electrons. The molecule has 0 saturated carbocycles. The van der Waals surface area contributed by atoms with Gasteiger partial charge in [0.15, 0.2) is 5.82 Å². The third-order valence-electron chi connectivity index (χ3n) is 2.81. The summed E-state index contributed by atoms with van der Waals surface area (Å²) in [5.41, 5.74) is 1.05. The number of nitro groups is 1. The van der Waals surface area contributed by atoms with E-state index in [-0.39, 0.29) is 11.6 Å². The van der Waals surface area contributed by atoms with Gasteiger partial charge in [0.1, 0.15) is 5.69 Å². The Hall–Kier alpha value is -2.44. The molecule has 0 aliphatic carbocycles. The van der Waals surface area contributed by atoms with Crippen LogP contribution >= 0.6 is 0 Å². The zero-order valence-corrected chi connectivity index (χ0v) is 11.4. The molecule has 1 aromatic carbocycles. The first kappa shape index (κ1) is 14.0. The van der Waals surface area contributed by atoms with Crippen molar-refractivity contribution in [1.29, 1.82) is 0 Å². The molecule has 20 heavy (non-hydrogen) atoms. The van der Waals surface area contributed by atoms with Crippen LogP contribution in [0.25, 0.3) is 11.5 Å². The molecule has 0 aliphatic heterocycles. The van der Waals surface area contributed by atoms with Crippen molar-refractivity contribution >= 4 is 11.4 Å². The summed E-state index contributed by atoms with van der Waals surface area (Å²) < 4.78 is 5.02. The first-order chi connectivity index (χ1) is 9.61. The van der Waals surface area contributed by atoms with E-state index in [1.807, 2.05) is 0 Å². The Bertz CT molecular complexity index is 609. The van der Waals surface area contributed by atoms with Gasteiger partial charge in [0.25, 0.3) is 11.6 Å². The van der Waals surface area contributed by atoms with Crippen LogP contribution in [0.3, 0.4) is 0 Å². The molecule has 0 bridgehead atoms. The number of aromatic nitrogens is 2. The highest BCUT2D eigenvalue weighted by atomic mass is 16.6. The zero-order chi connectivity index (χ0) is 14.5. The predicted molar refractivity (Wildman–Crippen MR) is 74.5 cm³/mol. The molecule has 7 nitrogen and oxygen atoms in total. The van der Waals surface area contributed by atoms with Crippen LogP contribution in [0.2, 0.25) is 0 Å². The van der Waals surface area contributed by atoms with Gasteiger partial charge in [0, 0.05) is 18.2 Å². The quantitative estimate of drug-likeness (QED) is 0.494. The molecule has 2 aromatic rings. The Morgan fingerprint density at radius 3 is 2.85 bits per heavy atom. The van der Waals surface area contributed by atoms with Crippen LogP contribution in [0.1, 0.15) is 25.6 Å². The van der Waals surface area contributed by atoms with E-state index in [4.69, 9.17) is 4.52 Å². The molecule has 0 fully saturated rings. The lowest BCUT2D eigenvalue weighted by molar-refractivity contribution is -0.383. The molecule has 1 heterocycles. The molecule has 7 heteroatoms. The highest BCUT2D eigenvalue weighted by molar-refractivity contribution is 5.69. The topological polar surface area (TPSA) is 94.1 Å².